The number of aryl methyl sites for hydroxylation is 4. The number of anilines is 1. The molecule has 1 aliphatic heterocycles. The van der Waals surface area contributed by atoms with E-state index in [1.54, 1.807) is 22.8 Å². The Balaban J connectivity index is 1.55. The lowest BCUT2D eigenvalue weighted by molar-refractivity contribution is 0.0730. The summed E-state index contributed by atoms with van der Waals surface area (Å²) in [6.45, 7) is 9.64. The van der Waals surface area contributed by atoms with E-state index in [2.05, 4.69) is 27.7 Å². The summed E-state index contributed by atoms with van der Waals surface area (Å²) in [4.78, 5) is 0.113. The number of thiocarbonyl (C=S) groups is 1. The topological polar surface area (TPSA) is 109 Å². The molecule has 0 bridgehead atoms. The van der Waals surface area contributed by atoms with Crippen molar-refractivity contribution < 1.29 is 18.3 Å². The first kappa shape index (κ1) is 28.9. The van der Waals surface area contributed by atoms with E-state index in [-0.39, 0.29) is 34.7 Å². The molecule has 0 amide bonds. The molecule has 9 nitrogen and oxygen atoms in total. The van der Waals surface area contributed by atoms with E-state index in [0.717, 1.165) is 33.5 Å². The first-order valence-corrected chi connectivity index (χ1v) is 15.2. The molecule has 0 unspecified atom stereocenters. The summed E-state index contributed by atoms with van der Waals surface area (Å²) in [5.41, 5.74) is 6.92. The van der Waals surface area contributed by atoms with Crippen molar-refractivity contribution in [2.24, 2.45) is 10.2 Å². The number of azo groups is 1. The third kappa shape index (κ3) is 6.03. The molecule has 0 spiro atoms. The van der Waals surface area contributed by atoms with Gasteiger partial charge >= 0.3 is 0 Å². The molecule has 1 aromatic heterocycles. The molecule has 41 heavy (non-hydrogen) atoms. The number of sulfonamides is 1. The molecule has 4 aromatic rings. The quantitative estimate of drug-likeness (QED) is 0.206. The van der Waals surface area contributed by atoms with Crippen molar-refractivity contribution in [3.8, 4) is 5.88 Å². The van der Waals surface area contributed by atoms with Crippen molar-refractivity contribution in [2.75, 3.05) is 31.6 Å². The molecule has 1 fully saturated rings. The number of aromatic hydroxyl groups is 1. The first-order chi connectivity index (χ1) is 19.5. The van der Waals surface area contributed by atoms with E-state index >= 15 is 0 Å². The second-order valence-electron chi connectivity index (χ2n) is 10.3. The Hall–Kier alpha value is -3.64. The maximum atomic E-state index is 13.4. The van der Waals surface area contributed by atoms with Gasteiger partial charge in [0.05, 0.1) is 30.2 Å². The minimum Gasteiger partial charge on any atom is -0.493 e. The first-order valence-electron chi connectivity index (χ1n) is 13.3. The summed E-state index contributed by atoms with van der Waals surface area (Å²) in [7, 11) is -3.77. The Morgan fingerprint density at radius 2 is 1.63 bits per heavy atom. The lowest BCUT2D eigenvalue weighted by Crippen LogP contribution is -2.40. The maximum Gasteiger partial charge on any atom is 0.243 e. The van der Waals surface area contributed by atoms with E-state index in [9.17, 15) is 13.5 Å². The van der Waals surface area contributed by atoms with Crippen LogP contribution >= 0.6 is 12.2 Å². The van der Waals surface area contributed by atoms with Gasteiger partial charge in [-0.25, -0.2) is 8.42 Å². The van der Waals surface area contributed by atoms with E-state index in [0.29, 0.717) is 30.7 Å². The van der Waals surface area contributed by atoms with Crippen LogP contribution < -0.4 is 5.32 Å². The molecular weight excluding hydrogens is 558 g/mol. The summed E-state index contributed by atoms with van der Waals surface area (Å²) in [6.07, 6.45) is 0. The predicted octanol–water partition coefficient (Wildman–Crippen LogP) is 6.13. The van der Waals surface area contributed by atoms with Gasteiger partial charge in [0.2, 0.25) is 21.0 Å². The largest absolute Gasteiger partial charge is 0.493 e. The number of fused-ring (bicyclic) bond motifs is 1. The van der Waals surface area contributed by atoms with E-state index in [1.165, 1.54) is 4.31 Å². The van der Waals surface area contributed by atoms with Crippen LogP contribution in [0.3, 0.4) is 0 Å². The van der Waals surface area contributed by atoms with Gasteiger partial charge in [-0.1, -0.05) is 47.5 Å². The number of morpholine rings is 1. The van der Waals surface area contributed by atoms with E-state index in [1.807, 2.05) is 52.0 Å². The van der Waals surface area contributed by atoms with Crippen LogP contribution in [0, 0.1) is 27.7 Å². The molecule has 2 heterocycles. The van der Waals surface area contributed by atoms with Gasteiger partial charge in [0, 0.05) is 24.2 Å². The Labute approximate surface area is 245 Å². The van der Waals surface area contributed by atoms with Gasteiger partial charge in [0.1, 0.15) is 0 Å². The van der Waals surface area contributed by atoms with Crippen LogP contribution in [0.2, 0.25) is 0 Å². The Kier molecular flexibility index (Phi) is 8.23. The number of nitrogens with one attached hydrogen (secondary N) is 1. The lowest BCUT2D eigenvalue weighted by Gasteiger charge is -2.26. The van der Waals surface area contributed by atoms with Gasteiger partial charge in [-0.15, -0.1) is 10.2 Å². The van der Waals surface area contributed by atoms with Crippen LogP contribution in [0.5, 0.6) is 5.88 Å². The van der Waals surface area contributed by atoms with Gasteiger partial charge < -0.3 is 19.7 Å². The van der Waals surface area contributed by atoms with E-state index in [4.69, 9.17) is 17.0 Å². The Morgan fingerprint density at radius 1 is 0.976 bits per heavy atom. The third-order valence-corrected chi connectivity index (χ3v) is 9.28. The molecule has 1 aliphatic rings. The molecule has 1 saturated heterocycles. The summed E-state index contributed by atoms with van der Waals surface area (Å²) < 4.78 is 35.3. The average molecular weight is 592 g/mol. The summed E-state index contributed by atoms with van der Waals surface area (Å²) in [5, 5.41) is 23.6. The molecule has 3 aromatic carbocycles. The highest BCUT2D eigenvalue weighted by molar-refractivity contribution is 7.89. The van der Waals surface area contributed by atoms with Crippen molar-refractivity contribution in [3.05, 3.63) is 82.4 Å². The van der Waals surface area contributed by atoms with Crippen molar-refractivity contribution in [1.29, 1.82) is 0 Å². The second kappa shape index (κ2) is 11.7. The molecule has 0 radical (unpaired) electrons. The zero-order valence-electron chi connectivity index (χ0n) is 23.5. The van der Waals surface area contributed by atoms with Gasteiger partial charge in [0.15, 0.2) is 5.69 Å². The summed E-state index contributed by atoms with van der Waals surface area (Å²) in [5.74, 6) is -0.129. The van der Waals surface area contributed by atoms with Crippen molar-refractivity contribution >= 4 is 49.6 Å². The van der Waals surface area contributed by atoms with Gasteiger partial charge in [0.25, 0.3) is 0 Å². The molecule has 11 heteroatoms. The Bertz CT molecular complexity index is 1730. The summed E-state index contributed by atoms with van der Waals surface area (Å²) in [6, 6.07) is 16.9. The summed E-state index contributed by atoms with van der Waals surface area (Å²) >= 11 is 5.47. The maximum absolute atomic E-state index is 13.4. The number of benzene rings is 3. The van der Waals surface area contributed by atoms with Gasteiger partial charge in [-0.05, 0) is 74.8 Å². The monoisotopic (exact) mass is 591 g/mol. The molecule has 0 saturated carbocycles. The van der Waals surface area contributed by atoms with Crippen molar-refractivity contribution in [2.45, 2.75) is 39.1 Å². The van der Waals surface area contributed by atoms with E-state index < -0.39 is 10.0 Å². The fourth-order valence-electron chi connectivity index (χ4n) is 5.14. The molecule has 0 atom stereocenters. The minimum atomic E-state index is -3.77. The number of ether oxygens (including phenoxy) is 1. The molecular formula is C30H33N5O4S2. The van der Waals surface area contributed by atoms with Crippen LogP contribution in [0.25, 0.3) is 10.9 Å². The lowest BCUT2D eigenvalue weighted by atomic mass is 10.1. The normalized spacial score (nSPS) is 14.6. The molecule has 214 valence electrons. The number of aromatic nitrogens is 1. The number of hydrogen-bond donors (Lipinski definition) is 2. The third-order valence-electron chi connectivity index (χ3n) is 7.20. The highest BCUT2D eigenvalue weighted by Gasteiger charge is 2.28. The smallest absolute Gasteiger partial charge is 0.243 e. The van der Waals surface area contributed by atoms with Gasteiger partial charge in [-0.3, -0.25) is 0 Å². The highest BCUT2D eigenvalue weighted by Crippen LogP contribution is 2.41. The molecule has 2 N–H and O–H groups in total. The zero-order valence-corrected chi connectivity index (χ0v) is 25.1. The average Bonchev–Trinajstić information content (AvgIpc) is 3.20. The van der Waals surface area contributed by atoms with Gasteiger partial charge in [-0.2, -0.15) is 4.31 Å². The second-order valence-corrected chi connectivity index (χ2v) is 12.7. The standard InChI is InChI=1S/C30H33N5O4S2/c1-19-5-7-23(8-6-19)18-35-26-10-9-24(41(37,38)34-11-13-39-14-12-34)17-25(26)28(29(35)36)32-33-30(40)31-27-21(3)15-20(2)16-22(27)4/h5-10,15-17,36H,11-14,18H2,1-4H3,(H,31,40). The fraction of sp³-hybridized carbons (Fsp3) is 0.300. The highest BCUT2D eigenvalue weighted by atomic mass is 32.2. The predicted molar refractivity (Wildman–Crippen MR) is 165 cm³/mol. The number of nitrogens with zero attached hydrogens (tertiary/aromatic N) is 4. The van der Waals surface area contributed by atoms with Crippen LogP contribution in [-0.4, -0.2) is 53.8 Å². The molecule has 5 rings (SSSR count). The van der Waals surface area contributed by atoms with Crippen molar-refractivity contribution in [3.63, 3.8) is 0 Å². The minimum absolute atomic E-state index is 0.113. The SMILES string of the molecule is Cc1ccc(Cn2c(O)c(N=NC(=S)Nc3c(C)cc(C)cc3C)c3cc(S(=O)(=O)N4CCOCC4)ccc32)cc1. The van der Waals surface area contributed by atoms with Crippen molar-refractivity contribution in [1.82, 2.24) is 8.87 Å². The Morgan fingerprint density at radius 3 is 2.29 bits per heavy atom. The fourth-order valence-corrected chi connectivity index (χ4v) is 6.72. The number of rotatable bonds is 6. The zero-order chi connectivity index (χ0) is 29.3. The number of hydrogen-bond acceptors (Lipinski definition) is 6. The van der Waals surface area contributed by atoms with Crippen LogP contribution in [0.15, 0.2) is 69.7 Å². The van der Waals surface area contributed by atoms with Crippen LogP contribution in [0.4, 0.5) is 11.4 Å². The van der Waals surface area contributed by atoms with Crippen LogP contribution in [0.1, 0.15) is 27.8 Å². The molecule has 0 aliphatic carbocycles. The van der Waals surface area contributed by atoms with Crippen LogP contribution in [-0.2, 0) is 21.3 Å².